The number of nitrogens with two attached hydrogens (primary N) is 1. The summed E-state index contributed by atoms with van der Waals surface area (Å²) in [5.41, 5.74) is 6.34. The number of allylic oxidation sites excluding steroid dienone is 1. The normalized spacial score (nSPS) is 42.7. The van der Waals surface area contributed by atoms with E-state index in [0.29, 0.717) is 36.7 Å². The number of hydrogen-bond acceptors (Lipinski definition) is 7. The van der Waals surface area contributed by atoms with E-state index in [-0.39, 0.29) is 11.0 Å². The minimum atomic E-state index is -0.971. The van der Waals surface area contributed by atoms with Crippen LogP contribution < -0.4 is 5.73 Å². The van der Waals surface area contributed by atoms with Gasteiger partial charge in [0.15, 0.2) is 0 Å². The molecular formula is C40H69N3O5S. The van der Waals surface area contributed by atoms with Crippen molar-refractivity contribution in [3.8, 4) is 0 Å². The van der Waals surface area contributed by atoms with E-state index in [1.807, 2.05) is 0 Å². The van der Waals surface area contributed by atoms with Crippen LogP contribution in [-0.2, 0) is 14.4 Å². The van der Waals surface area contributed by atoms with Gasteiger partial charge >= 0.3 is 0 Å². The van der Waals surface area contributed by atoms with Gasteiger partial charge in [-0.1, -0.05) is 66.0 Å². The average Bonchev–Trinajstić information content (AvgIpc) is 3.42. The molecular weight excluding hydrogens is 635 g/mol. The Morgan fingerprint density at radius 2 is 1.80 bits per heavy atom. The van der Waals surface area contributed by atoms with Gasteiger partial charge < -0.3 is 20.7 Å². The highest BCUT2D eigenvalue weighted by atomic mass is 32.1. The van der Waals surface area contributed by atoms with E-state index in [4.69, 9.17) is 15.3 Å². The maximum atomic E-state index is 12.4. The molecule has 5 aliphatic rings. The van der Waals surface area contributed by atoms with Crippen LogP contribution in [0.25, 0.3) is 0 Å². The zero-order valence-corrected chi connectivity index (χ0v) is 32.3. The number of amides is 1. The number of carbonyl (C=O) groups excluding carboxylic acids is 1. The molecule has 280 valence electrons. The van der Waals surface area contributed by atoms with Crippen LogP contribution in [0, 0.1) is 46.3 Å². The Morgan fingerprint density at radius 1 is 1.04 bits per heavy atom. The first-order chi connectivity index (χ1) is 23.3. The Bertz CT molecular complexity index is 1170. The topological polar surface area (TPSA) is 118 Å². The molecule has 4 fully saturated rings. The van der Waals surface area contributed by atoms with Crippen LogP contribution >= 0.6 is 12.6 Å². The number of fused-ring (bicyclic) bond motifs is 5. The van der Waals surface area contributed by atoms with Gasteiger partial charge in [0.05, 0.1) is 29.4 Å². The summed E-state index contributed by atoms with van der Waals surface area (Å²) in [4.78, 5) is 23.8. The summed E-state index contributed by atoms with van der Waals surface area (Å²) in [6.45, 7) is 15.2. The number of rotatable bonds is 15. The van der Waals surface area contributed by atoms with E-state index in [0.717, 1.165) is 68.1 Å². The summed E-state index contributed by atoms with van der Waals surface area (Å²) in [5, 5.41) is 21.3. The van der Waals surface area contributed by atoms with E-state index in [1.165, 1.54) is 51.4 Å². The zero-order valence-electron chi connectivity index (χ0n) is 31.4. The summed E-state index contributed by atoms with van der Waals surface area (Å²) in [6.07, 6.45) is 18.2. The van der Waals surface area contributed by atoms with Crippen LogP contribution in [0.15, 0.2) is 17.1 Å². The van der Waals surface area contributed by atoms with Gasteiger partial charge in [-0.05, 0) is 112 Å². The first kappa shape index (κ1) is 39.1. The molecule has 0 radical (unpaired) electrons. The second kappa shape index (κ2) is 16.3. The zero-order chi connectivity index (χ0) is 35.6. The van der Waals surface area contributed by atoms with Gasteiger partial charge in [0, 0.05) is 24.9 Å². The lowest BCUT2D eigenvalue weighted by atomic mass is 9.43. The van der Waals surface area contributed by atoms with Gasteiger partial charge in [-0.2, -0.15) is 12.6 Å². The SMILES string of the molecule is CC(C)CCC[C@@H](C)[C@H]1CCC2C3CCC4(ON(C=O)CCCCN=C(N)C[C@@H]5O[C@H](C)[C@H](O)[C@H](O)[C@H]5S)CC=CC[C@]4(C)C3CC[C@@]21C. The average molecular weight is 704 g/mol. The number of ether oxygens (including phenoxy) is 1. The van der Waals surface area contributed by atoms with Crippen LogP contribution in [0.5, 0.6) is 0 Å². The predicted octanol–water partition coefficient (Wildman–Crippen LogP) is 7.12. The van der Waals surface area contributed by atoms with Crippen molar-refractivity contribution in [2.75, 3.05) is 13.1 Å². The number of aliphatic hydroxyl groups is 2. The lowest BCUT2D eigenvalue weighted by Gasteiger charge is -2.64. The molecule has 8 nitrogen and oxygen atoms in total. The molecule has 3 saturated carbocycles. The highest BCUT2D eigenvalue weighted by Gasteiger charge is 2.65. The smallest absolute Gasteiger partial charge is 0.233 e. The maximum Gasteiger partial charge on any atom is 0.233 e. The van der Waals surface area contributed by atoms with Crippen molar-refractivity contribution >= 4 is 24.9 Å². The first-order valence-corrected chi connectivity index (χ1v) is 20.3. The second-order valence-electron chi connectivity index (χ2n) is 17.7. The molecule has 1 aliphatic heterocycles. The molecule has 4 aliphatic carbocycles. The number of nitrogens with zero attached hydrogens (tertiary/aromatic N) is 2. The summed E-state index contributed by atoms with van der Waals surface area (Å²) in [6, 6.07) is 0. The summed E-state index contributed by atoms with van der Waals surface area (Å²) >= 11 is 4.44. The Balaban J connectivity index is 1.16. The largest absolute Gasteiger partial charge is 0.389 e. The standard InChI is InChI=1S/C40H69N3O5S/c1-26(2)12-11-13-27(3)30-14-15-31-29-16-21-40(19-8-7-18-39(40,6)32(29)17-20-38(30,31)5)48-43(25-44)23-10-9-22-42-34(41)24-33-37(49)36(46)35(45)28(4)47-33/h7-8,25-33,35-37,45-46,49H,9-24H2,1-6H3,(H2,41,42)/t27-,28-,29?,30-,31?,32?,33+,35+,36+,37+,38-,39-,40?/m1/s1. The van der Waals surface area contributed by atoms with Crippen molar-refractivity contribution in [3.05, 3.63) is 12.2 Å². The highest BCUT2D eigenvalue weighted by Crippen LogP contribution is 2.69. The van der Waals surface area contributed by atoms with Crippen LogP contribution in [0.2, 0.25) is 0 Å². The van der Waals surface area contributed by atoms with Crippen LogP contribution in [0.1, 0.15) is 131 Å². The Labute approximate surface area is 302 Å². The Kier molecular flexibility index (Phi) is 13.0. The number of hydrogen-bond donors (Lipinski definition) is 4. The molecule has 0 bridgehead atoms. The monoisotopic (exact) mass is 703 g/mol. The minimum absolute atomic E-state index is 0.0140. The number of unbranched alkanes of at least 4 members (excludes halogenated alkanes) is 1. The fourth-order valence-corrected chi connectivity index (χ4v) is 11.9. The third-order valence-corrected chi connectivity index (χ3v) is 15.0. The fourth-order valence-electron chi connectivity index (χ4n) is 11.5. The molecule has 0 aromatic heterocycles. The van der Waals surface area contributed by atoms with Crippen molar-refractivity contribution in [2.45, 2.75) is 167 Å². The number of aliphatic imine (C=N–C) groups is 1. The maximum absolute atomic E-state index is 12.4. The van der Waals surface area contributed by atoms with Crippen molar-refractivity contribution in [1.29, 1.82) is 0 Å². The van der Waals surface area contributed by atoms with Gasteiger partial charge in [0.1, 0.15) is 11.7 Å². The molecule has 4 unspecified atom stereocenters. The third-order valence-electron chi connectivity index (χ3n) is 14.4. The number of thiol groups is 1. The van der Waals surface area contributed by atoms with Gasteiger partial charge in [0.2, 0.25) is 6.41 Å². The molecule has 5 rings (SSSR count). The van der Waals surface area contributed by atoms with Crippen LogP contribution in [-0.4, -0.2) is 75.9 Å². The molecule has 0 aromatic rings. The van der Waals surface area contributed by atoms with E-state index < -0.39 is 29.7 Å². The lowest BCUT2D eigenvalue weighted by molar-refractivity contribution is -0.301. The Hall–Kier alpha value is -1.13. The third kappa shape index (κ3) is 7.96. The molecule has 4 N–H and O–H groups in total. The number of carbonyl (C=O) groups is 1. The molecule has 49 heavy (non-hydrogen) atoms. The summed E-state index contributed by atoms with van der Waals surface area (Å²) < 4.78 is 5.83. The lowest BCUT2D eigenvalue weighted by Crippen LogP contribution is -2.63. The fraction of sp³-hybridized carbons (Fsp3) is 0.900. The van der Waals surface area contributed by atoms with Gasteiger partial charge in [-0.15, -0.1) is 0 Å². The first-order valence-electron chi connectivity index (χ1n) is 19.8. The molecule has 0 aromatic carbocycles. The number of amidine groups is 1. The second-order valence-corrected chi connectivity index (χ2v) is 18.3. The van der Waals surface area contributed by atoms with E-state index >= 15 is 0 Å². The molecule has 1 heterocycles. The van der Waals surface area contributed by atoms with Crippen molar-refractivity contribution in [3.63, 3.8) is 0 Å². The summed E-state index contributed by atoms with van der Waals surface area (Å²) in [7, 11) is 0. The van der Waals surface area contributed by atoms with E-state index in [9.17, 15) is 15.0 Å². The van der Waals surface area contributed by atoms with Crippen molar-refractivity contribution in [2.24, 2.45) is 57.1 Å². The van der Waals surface area contributed by atoms with Crippen LogP contribution in [0.3, 0.4) is 0 Å². The van der Waals surface area contributed by atoms with Gasteiger partial charge in [-0.25, -0.2) is 5.06 Å². The Morgan fingerprint density at radius 3 is 2.53 bits per heavy atom. The van der Waals surface area contributed by atoms with Crippen LogP contribution in [0.4, 0.5) is 0 Å². The molecule has 1 amide bonds. The minimum Gasteiger partial charge on any atom is -0.389 e. The van der Waals surface area contributed by atoms with Gasteiger partial charge in [-0.3, -0.25) is 14.6 Å². The van der Waals surface area contributed by atoms with E-state index in [2.05, 4.69) is 64.4 Å². The molecule has 1 saturated heterocycles. The van der Waals surface area contributed by atoms with Crippen molar-refractivity contribution < 1.29 is 24.6 Å². The molecule has 0 spiro atoms. The highest BCUT2D eigenvalue weighted by molar-refractivity contribution is 7.81. The quantitative estimate of drug-likeness (QED) is 0.0275. The van der Waals surface area contributed by atoms with E-state index in [1.54, 1.807) is 12.0 Å². The predicted molar refractivity (Wildman–Crippen MR) is 200 cm³/mol. The van der Waals surface area contributed by atoms with Crippen molar-refractivity contribution in [1.82, 2.24) is 5.06 Å². The number of hydroxylamine groups is 2. The number of aliphatic hydroxyl groups excluding tert-OH is 2. The molecule has 9 heteroatoms. The summed E-state index contributed by atoms with van der Waals surface area (Å²) in [5.74, 6) is 5.09. The molecule has 13 atom stereocenters. The van der Waals surface area contributed by atoms with Gasteiger partial charge in [0.25, 0.3) is 0 Å².